The Kier molecular flexibility index (Phi) is 27.0. The van der Waals surface area contributed by atoms with Crippen molar-refractivity contribution >= 4 is 22.7 Å². The molecule has 0 aromatic heterocycles. The second kappa shape index (κ2) is 29.8. The molecule has 0 fully saturated rings. The van der Waals surface area contributed by atoms with Crippen LogP contribution in [0.1, 0.15) is 105 Å². The molecule has 408 valence electrons. The van der Waals surface area contributed by atoms with E-state index < -0.39 is 10.9 Å². The molecule has 0 aliphatic carbocycles. The highest BCUT2D eigenvalue weighted by atomic mass is 16.5. The number of nitrogens with zero attached hydrogens (tertiary/aromatic N) is 2. The molecule has 72 heavy (non-hydrogen) atoms. The van der Waals surface area contributed by atoms with E-state index in [4.69, 9.17) is 30.4 Å². The number of anilines is 4. The zero-order chi connectivity index (χ0) is 55.4. The highest BCUT2D eigenvalue weighted by molar-refractivity contribution is 5.62. The minimum absolute atomic E-state index is 0.290. The summed E-state index contributed by atoms with van der Waals surface area (Å²) in [4.78, 5) is 96.1. The second-order valence-corrected chi connectivity index (χ2v) is 21.5. The quantitative estimate of drug-likeness (QED) is 0.0368. The van der Waals surface area contributed by atoms with Gasteiger partial charge in [0.05, 0.1) is 75.6 Å². The van der Waals surface area contributed by atoms with Crippen molar-refractivity contribution in [2.24, 2.45) is 11.5 Å². The molecule has 0 saturated heterocycles. The normalized spacial score (nSPS) is 12.0. The maximum atomic E-state index is 11.7. The van der Waals surface area contributed by atoms with E-state index in [0.29, 0.717) is 137 Å². The van der Waals surface area contributed by atoms with E-state index in [1.165, 1.54) is 0 Å². The summed E-state index contributed by atoms with van der Waals surface area (Å²) in [5.41, 5.74) is 10.8. The molecule has 0 heterocycles. The summed E-state index contributed by atoms with van der Waals surface area (Å²) in [6.07, 6.45) is 0. The number of ether oxygens (including phenoxy) is 4. The summed E-state index contributed by atoms with van der Waals surface area (Å²) in [5.74, 6) is 0. The van der Waals surface area contributed by atoms with E-state index >= 15 is 0 Å². The molecule has 0 atom stereocenters. The van der Waals surface area contributed by atoms with Crippen LogP contribution in [-0.4, -0.2) is 133 Å². The van der Waals surface area contributed by atoms with E-state index in [2.05, 4.69) is 21.3 Å². The lowest BCUT2D eigenvalue weighted by Crippen LogP contribution is -2.47. The average Bonchev–Trinajstić information content (AvgIpc) is 3.29. The summed E-state index contributed by atoms with van der Waals surface area (Å²) in [6.45, 7) is 32.3. The Bertz CT molecular complexity index is 2540. The smallest absolute Gasteiger partial charge is 0.249 e. The summed E-state index contributed by atoms with van der Waals surface area (Å²) in [7, 11) is 7.36. The van der Waals surface area contributed by atoms with Gasteiger partial charge in [0, 0.05) is 88.7 Å². The lowest BCUT2D eigenvalue weighted by molar-refractivity contribution is 0.144. The van der Waals surface area contributed by atoms with Gasteiger partial charge in [0.15, 0.2) is 0 Å². The van der Waals surface area contributed by atoms with Crippen molar-refractivity contribution in [2.75, 3.05) is 154 Å². The van der Waals surface area contributed by atoms with Crippen LogP contribution in [0.3, 0.4) is 0 Å². The highest BCUT2D eigenvalue weighted by Crippen LogP contribution is 2.29. The van der Waals surface area contributed by atoms with Crippen LogP contribution in [0.25, 0.3) is 0 Å². The molecule has 8 N–H and O–H groups in total. The van der Waals surface area contributed by atoms with Gasteiger partial charge in [-0.2, -0.15) is 0 Å². The number of nitrogens with two attached hydrogens (primary N) is 2. The third-order valence-electron chi connectivity index (χ3n) is 11.1. The predicted octanol–water partition coefficient (Wildman–Crippen LogP) is 0.439. The molecule has 0 spiro atoms. The first kappa shape index (κ1) is 65.2. The lowest BCUT2D eigenvalue weighted by Gasteiger charge is -2.29. The van der Waals surface area contributed by atoms with Gasteiger partial charge in [-0.15, -0.1) is 0 Å². The molecule has 0 bridgehead atoms. The van der Waals surface area contributed by atoms with Crippen LogP contribution in [0.5, 0.6) is 0 Å². The molecular formula is C52H88N8O12. The van der Waals surface area contributed by atoms with E-state index in [0.717, 1.165) is 13.1 Å². The molecule has 20 nitrogen and oxygen atoms in total. The summed E-state index contributed by atoms with van der Waals surface area (Å²) >= 11 is 0. The number of hydrogen-bond acceptors (Lipinski definition) is 20. The minimum Gasteiger partial charge on any atom is -0.379 e. The number of hydrogen-bond donors (Lipinski definition) is 6. The van der Waals surface area contributed by atoms with Crippen LogP contribution < -0.4 is 86.0 Å². The third-order valence-corrected chi connectivity index (χ3v) is 11.1. The van der Waals surface area contributed by atoms with Crippen molar-refractivity contribution in [3.05, 3.63) is 104 Å². The maximum Gasteiger partial charge on any atom is 0.249 e. The van der Waals surface area contributed by atoms with Crippen molar-refractivity contribution in [3.63, 3.8) is 0 Å². The Labute approximate surface area is 425 Å². The summed E-state index contributed by atoms with van der Waals surface area (Å²) < 4.78 is 21.2. The highest BCUT2D eigenvalue weighted by Gasteiger charge is 2.34. The van der Waals surface area contributed by atoms with Crippen LogP contribution >= 0.6 is 0 Å². The van der Waals surface area contributed by atoms with E-state index in [1.807, 2.05) is 109 Å². The molecular weight excluding hydrogens is 929 g/mol. The fraction of sp³-hybridized carbons (Fsp3) is 0.692. The number of rotatable bonds is 26. The summed E-state index contributed by atoms with van der Waals surface area (Å²) in [5, 5.41) is 11.9. The third kappa shape index (κ3) is 18.9. The van der Waals surface area contributed by atoms with Gasteiger partial charge in [-0.1, -0.05) is 83.1 Å². The Hall–Kier alpha value is -4.80. The van der Waals surface area contributed by atoms with Gasteiger partial charge in [0.1, 0.15) is 0 Å². The Morgan fingerprint density at radius 2 is 0.639 bits per heavy atom. The van der Waals surface area contributed by atoms with Gasteiger partial charge >= 0.3 is 0 Å². The van der Waals surface area contributed by atoms with Crippen molar-refractivity contribution in [1.82, 2.24) is 10.6 Å². The monoisotopic (exact) mass is 1020 g/mol. The standard InChI is InChI=1S/C14H24N2O3.2C13H22N2O3.C12H20N2O3/c1-14(2,3)10-11(13(18)12(10)17)16(5)7-9-19-8-6-15-4;1-13(2,3)9-10(12(17)11(9)16)15(4)6-8-18-7-5-14;1-13(2,3)9-10(12(17)11(9)16)15-6-8-18-7-5-14-4;1-12(2,3)8-9(11(16)10(8)15)14-5-7-17-6-4-13/h15H,6-9H2,1-5H3;5-8,14H2,1-4H3;14-15H,5-8H2,1-4H3;14H,4-7,13H2,1-3H3. The average molecular weight is 1020 g/mol. The minimum atomic E-state index is -0.422. The van der Waals surface area contributed by atoms with Gasteiger partial charge in [0.2, 0.25) is 43.4 Å². The predicted molar refractivity (Wildman–Crippen MR) is 293 cm³/mol. The molecule has 0 radical (unpaired) electrons. The van der Waals surface area contributed by atoms with Crippen molar-refractivity contribution in [2.45, 2.75) is 105 Å². The molecule has 0 amide bonds. The molecule has 0 saturated carbocycles. The zero-order valence-corrected chi connectivity index (χ0v) is 46.3. The van der Waals surface area contributed by atoms with Crippen LogP contribution in [-0.2, 0) is 40.6 Å². The SMILES string of the molecule is CC(C)(C)c1c(NCCOCCN)c(=O)c1=O.CN(CCOCCN)c1c(C(C)(C)C)c(=O)c1=O.CNCCOCCN(C)c1c(C(C)(C)C)c(=O)c1=O.CNCCOCCNc1c(C(C)(C)C)c(=O)c1=O. The van der Waals surface area contributed by atoms with Gasteiger partial charge < -0.3 is 61.5 Å². The number of nitrogens with one attached hydrogen (secondary N) is 4. The molecule has 4 aromatic rings. The molecule has 0 aliphatic heterocycles. The first-order valence-corrected chi connectivity index (χ1v) is 24.6. The topological polar surface area (TPSA) is 280 Å². The van der Waals surface area contributed by atoms with Gasteiger partial charge in [-0.05, 0) is 35.8 Å². The van der Waals surface area contributed by atoms with Gasteiger partial charge in [-0.3, -0.25) is 38.4 Å². The first-order valence-electron chi connectivity index (χ1n) is 24.6. The first-order chi connectivity index (χ1) is 33.4. The fourth-order valence-corrected chi connectivity index (χ4v) is 7.48. The molecule has 20 heteroatoms. The Morgan fingerprint density at radius 1 is 0.375 bits per heavy atom. The second-order valence-electron chi connectivity index (χ2n) is 21.5. The largest absolute Gasteiger partial charge is 0.379 e. The van der Waals surface area contributed by atoms with Gasteiger partial charge in [-0.25, -0.2) is 0 Å². The maximum absolute atomic E-state index is 11.7. The van der Waals surface area contributed by atoms with Crippen LogP contribution in [0, 0.1) is 0 Å². The van der Waals surface area contributed by atoms with Crippen molar-refractivity contribution in [3.8, 4) is 0 Å². The molecule has 0 aliphatic rings. The van der Waals surface area contributed by atoms with Crippen LogP contribution in [0.15, 0.2) is 38.4 Å². The van der Waals surface area contributed by atoms with E-state index in [1.54, 1.807) is 11.9 Å². The van der Waals surface area contributed by atoms with Crippen LogP contribution in [0.2, 0.25) is 0 Å². The van der Waals surface area contributed by atoms with Crippen molar-refractivity contribution < 1.29 is 18.9 Å². The van der Waals surface area contributed by atoms with Crippen LogP contribution in [0.4, 0.5) is 22.7 Å². The van der Waals surface area contributed by atoms with Gasteiger partial charge in [0.25, 0.3) is 0 Å². The zero-order valence-electron chi connectivity index (χ0n) is 46.3. The molecule has 4 aromatic carbocycles. The Balaban J connectivity index is 0.000000480. The van der Waals surface area contributed by atoms with Crippen molar-refractivity contribution in [1.29, 1.82) is 0 Å². The van der Waals surface area contributed by atoms with E-state index in [-0.39, 0.29) is 54.2 Å². The fourth-order valence-electron chi connectivity index (χ4n) is 7.48. The number of likely N-dealkylation sites (N-methyl/N-ethyl adjacent to an activating group) is 4. The summed E-state index contributed by atoms with van der Waals surface area (Å²) in [6, 6.07) is 0. The Morgan fingerprint density at radius 3 is 0.931 bits per heavy atom. The van der Waals surface area contributed by atoms with E-state index in [9.17, 15) is 38.4 Å². The lowest BCUT2D eigenvalue weighted by atomic mass is 9.82. The molecule has 4 rings (SSSR count). The molecule has 0 unspecified atom stereocenters.